The molecule has 1 saturated heterocycles. The molecule has 3 rings (SSSR count). The summed E-state index contributed by atoms with van der Waals surface area (Å²) in [5.41, 5.74) is 1.59. The van der Waals surface area contributed by atoms with Gasteiger partial charge in [-0.15, -0.1) is 0 Å². The number of hydrogen-bond donors (Lipinski definition) is 0. The molecule has 0 saturated carbocycles. The van der Waals surface area contributed by atoms with E-state index >= 15 is 0 Å². The van der Waals surface area contributed by atoms with Gasteiger partial charge in [0.15, 0.2) is 0 Å². The molecular weight excluding hydrogens is 388 g/mol. The van der Waals surface area contributed by atoms with E-state index in [9.17, 15) is 13.2 Å². The van der Waals surface area contributed by atoms with Crippen LogP contribution in [0.15, 0.2) is 53.4 Å². The van der Waals surface area contributed by atoms with Crippen molar-refractivity contribution in [3.8, 4) is 6.07 Å². The Balaban J connectivity index is 1.65. The van der Waals surface area contributed by atoms with E-state index in [2.05, 4.69) is 13.8 Å². The lowest BCUT2D eigenvalue weighted by atomic mass is 9.94. The van der Waals surface area contributed by atoms with Crippen molar-refractivity contribution in [3.05, 3.63) is 65.2 Å². The Morgan fingerprint density at radius 2 is 1.66 bits per heavy atom. The van der Waals surface area contributed by atoms with Gasteiger partial charge in [-0.2, -0.15) is 9.57 Å². The van der Waals surface area contributed by atoms with Gasteiger partial charge in [0.05, 0.1) is 22.1 Å². The molecule has 0 amide bonds. The lowest BCUT2D eigenvalue weighted by Crippen LogP contribution is -2.42. The lowest BCUT2D eigenvalue weighted by Gasteiger charge is -2.34. The maximum Gasteiger partial charge on any atom is 0.338 e. The van der Waals surface area contributed by atoms with Crippen LogP contribution in [0, 0.1) is 23.2 Å². The normalized spacial score (nSPS) is 20.0. The zero-order valence-electron chi connectivity index (χ0n) is 16.5. The topological polar surface area (TPSA) is 87.5 Å². The summed E-state index contributed by atoms with van der Waals surface area (Å²) in [6.07, 6.45) is 1.02. The zero-order valence-corrected chi connectivity index (χ0v) is 17.4. The van der Waals surface area contributed by atoms with Crippen molar-refractivity contribution in [2.24, 2.45) is 11.8 Å². The Morgan fingerprint density at radius 3 is 2.21 bits per heavy atom. The second-order valence-electron chi connectivity index (χ2n) is 7.68. The summed E-state index contributed by atoms with van der Waals surface area (Å²) in [7, 11) is -3.58. The molecule has 0 aromatic heterocycles. The Labute approximate surface area is 171 Å². The molecule has 0 spiro atoms. The van der Waals surface area contributed by atoms with E-state index in [1.165, 1.54) is 28.6 Å². The van der Waals surface area contributed by atoms with Crippen LogP contribution in [0.25, 0.3) is 0 Å². The van der Waals surface area contributed by atoms with Gasteiger partial charge in [0.2, 0.25) is 10.0 Å². The van der Waals surface area contributed by atoms with Crippen LogP contribution in [0.4, 0.5) is 0 Å². The van der Waals surface area contributed by atoms with Gasteiger partial charge in [0.25, 0.3) is 0 Å². The summed E-state index contributed by atoms with van der Waals surface area (Å²) < 4.78 is 32.6. The van der Waals surface area contributed by atoms with Gasteiger partial charge in [-0.25, -0.2) is 13.2 Å². The van der Waals surface area contributed by atoms with Crippen LogP contribution in [-0.4, -0.2) is 31.8 Å². The standard InChI is InChI=1S/C22H24N2O4S/c1-16-11-17(2)14-24(13-16)29(26,27)21-9-7-20(8-10-21)22(25)28-15-19-5-3-18(12-23)4-6-19/h3-10,16-17H,11,13-15H2,1-2H3/t16-,17-/m1/s1. The fourth-order valence-electron chi connectivity index (χ4n) is 3.62. The van der Waals surface area contributed by atoms with E-state index in [0.717, 1.165) is 12.0 Å². The molecule has 1 heterocycles. The van der Waals surface area contributed by atoms with Crippen LogP contribution >= 0.6 is 0 Å². The number of hydrogen-bond acceptors (Lipinski definition) is 5. The first kappa shape index (κ1) is 21.0. The van der Waals surface area contributed by atoms with Gasteiger partial charge in [-0.3, -0.25) is 0 Å². The minimum Gasteiger partial charge on any atom is -0.457 e. The highest BCUT2D eigenvalue weighted by Crippen LogP contribution is 2.26. The highest BCUT2D eigenvalue weighted by Gasteiger charge is 2.31. The highest BCUT2D eigenvalue weighted by atomic mass is 32.2. The summed E-state index contributed by atoms with van der Waals surface area (Å²) in [5, 5.41) is 8.80. The summed E-state index contributed by atoms with van der Waals surface area (Å²) in [6.45, 7) is 5.23. The molecule has 29 heavy (non-hydrogen) atoms. The summed E-state index contributed by atoms with van der Waals surface area (Å²) in [6, 6.07) is 14.7. The van der Waals surface area contributed by atoms with Crippen molar-refractivity contribution in [2.75, 3.05) is 13.1 Å². The third-order valence-corrected chi connectivity index (χ3v) is 6.86. The molecule has 2 aromatic carbocycles. The maximum atomic E-state index is 12.9. The second-order valence-corrected chi connectivity index (χ2v) is 9.62. The molecular formula is C22H24N2O4S. The van der Waals surface area contributed by atoms with Crippen molar-refractivity contribution in [1.29, 1.82) is 5.26 Å². The molecule has 1 fully saturated rings. The van der Waals surface area contributed by atoms with E-state index in [1.54, 1.807) is 24.3 Å². The molecule has 1 aliphatic heterocycles. The average Bonchev–Trinajstić information content (AvgIpc) is 2.71. The summed E-state index contributed by atoms with van der Waals surface area (Å²) in [4.78, 5) is 12.4. The predicted octanol–water partition coefficient (Wildman–Crippen LogP) is 3.58. The average molecular weight is 413 g/mol. The monoisotopic (exact) mass is 412 g/mol. The van der Waals surface area contributed by atoms with E-state index < -0.39 is 16.0 Å². The summed E-state index contributed by atoms with van der Waals surface area (Å²) >= 11 is 0. The number of sulfonamides is 1. The van der Waals surface area contributed by atoms with Crippen LogP contribution < -0.4 is 0 Å². The number of rotatable bonds is 5. The lowest BCUT2D eigenvalue weighted by molar-refractivity contribution is 0.0472. The van der Waals surface area contributed by atoms with Crippen LogP contribution in [0.5, 0.6) is 0 Å². The van der Waals surface area contributed by atoms with Gasteiger partial charge >= 0.3 is 5.97 Å². The van der Waals surface area contributed by atoms with Crippen molar-refractivity contribution in [2.45, 2.75) is 31.8 Å². The SMILES string of the molecule is C[C@@H]1C[C@@H](C)CN(S(=O)(=O)c2ccc(C(=O)OCc3ccc(C#N)cc3)cc2)C1. The number of ether oxygens (including phenoxy) is 1. The van der Waals surface area contributed by atoms with E-state index in [4.69, 9.17) is 10.00 Å². The van der Waals surface area contributed by atoms with E-state index in [-0.39, 0.29) is 17.1 Å². The molecule has 0 aliphatic carbocycles. The summed E-state index contributed by atoms with van der Waals surface area (Å²) in [5.74, 6) is 0.119. The molecule has 0 unspecified atom stereocenters. The zero-order chi connectivity index (χ0) is 21.0. The van der Waals surface area contributed by atoms with Crippen molar-refractivity contribution in [3.63, 3.8) is 0 Å². The number of carbonyl (C=O) groups excluding carboxylic acids is 1. The molecule has 7 heteroatoms. The largest absolute Gasteiger partial charge is 0.457 e. The molecule has 2 aromatic rings. The fraction of sp³-hybridized carbons (Fsp3) is 0.364. The van der Waals surface area contributed by atoms with Crippen LogP contribution in [0.2, 0.25) is 0 Å². The number of nitriles is 1. The van der Waals surface area contributed by atoms with Crippen LogP contribution in [0.3, 0.4) is 0 Å². The van der Waals surface area contributed by atoms with Gasteiger partial charge in [-0.1, -0.05) is 26.0 Å². The first-order valence-corrected chi connectivity index (χ1v) is 11.0. The third kappa shape index (κ3) is 5.03. The van der Waals surface area contributed by atoms with Gasteiger partial charge in [0, 0.05) is 13.1 Å². The maximum absolute atomic E-state index is 12.9. The number of benzene rings is 2. The van der Waals surface area contributed by atoms with E-state index in [0.29, 0.717) is 30.5 Å². The van der Waals surface area contributed by atoms with Gasteiger partial charge < -0.3 is 4.74 Å². The van der Waals surface area contributed by atoms with Crippen molar-refractivity contribution < 1.29 is 17.9 Å². The molecule has 152 valence electrons. The first-order chi connectivity index (χ1) is 13.8. The van der Waals surface area contributed by atoms with Gasteiger partial charge in [0.1, 0.15) is 6.61 Å². The van der Waals surface area contributed by atoms with E-state index in [1.807, 2.05) is 6.07 Å². The van der Waals surface area contributed by atoms with Crippen LogP contribution in [0.1, 0.15) is 41.8 Å². The molecule has 0 radical (unpaired) electrons. The molecule has 2 atom stereocenters. The Kier molecular flexibility index (Phi) is 6.36. The van der Waals surface area contributed by atoms with Gasteiger partial charge in [-0.05, 0) is 60.2 Å². The quantitative estimate of drug-likeness (QED) is 0.701. The predicted molar refractivity (Wildman–Crippen MR) is 108 cm³/mol. The Bertz CT molecular complexity index is 998. The molecule has 0 N–H and O–H groups in total. The fourth-order valence-corrected chi connectivity index (χ4v) is 5.30. The minimum absolute atomic E-state index is 0.0775. The number of nitrogens with zero attached hydrogens (tertiary/aromatic N) is 2. The number of carbonyl (C=O) groups is 1. The highest BCUT2D eigenvalue weighted by molar-refractivity contribution is 7.89. The Morgan fingerprint density at radius 1 is 1.07 bits per heavy atom. The van der Waals surface area contributed by atoms with Crippen molar-refractivity contribution >= 4 is 16.0 Å². The molecule has 6 nitrogen and oxygen atoms in total. The molecule has 0 bridgehead atoms. The Hall–Kier alpha value is -2.69. The van der Waals surface area contributed by atoms with Crippen LogP contribution in [-0.2, 0) is 21.4 Å². The minimum atomic E-state index is -3.58. The number of piperidine rings is 1. The van der Waals surface area contributed by atoms with Crippen molar-refractivity contribution in [1.82, 2.24) is 4.31 Å². The first-order valence-electron chi connectivity index (χ1n) is 9.56. The second kappa shape index (κ2) is 8.76. The number of esters is 1. The third-order valence-electron chi connectivity index (χ3n) is 5.02. The molecule has 1 aliphatic rings. The smallest absolute Gasteiger partial charge is 0.338 e.